The summed E-state index contributed by atoms with van der Waals surface area (Å²) in [6.45, 7) is 2.07. The molecule has 1 rings (SSSR count). The Morgan fingerprint density at radius 3 is 2.76 bits per heavy atom. The third kappa shape index (κ3) is 5.40. The first-order valence-corrected chi connectivity index (χ1v) is 6.47. The maximum absolute atomic E-state index is 11.9. The number of carbonyl (C=O) groups excluding carboxylic acids is 1. The Morgan fingerprint density at radius 2 is 2.29 bits per heavy atom. The Morgan fingerprint density at radius 1 is 1.65 bits per heavy atom. The molecular formula is C9H11F3N2OS2. The van der Waals surface area contributed by atoms with E-state index >= 15 is 0 Å². The van der Waals surface area contributed by atoms with Gasteiger partial charge in [0.2, 0.25) is 5.91 Å². The van der Waals surface area contributed by atoms with Gasteiger partial charge in [-0.25, -0.2) is 4.98 Å². The Bertz CT molecular complexity index is 392. The highest BCUT2D eigenvalue weighted by molar-refractivity contribution is 8.02. The van der Waals surface area contributed by atoms with E-state index in [-0.39, 0.29) is 0 Å². The van der Waals surface area contributed by atoms with Gasteiger partial charge in [-0.05, 0) is 13.8 Å². The van der Waals surface area contributed by atoms with Crippen molar-refractivity contribution in [3.05, 3.63) is 11.1 Å². The number of hydrogen-bond acceptors (Lipinski definition) is 4. The van der Waals surface area contributed by atoms with Crippen LogP contribution in [0.25, 0.3) is 0 Å². The summed E-state index contributed by atoms with van der Waals surface area (Å²) in [5.74, 6) is -0.639. The molecule has 0 aliphatic carbocycles. The molecule has 96 valence electrons. The molecule has 1 heterocycles. The molecular weight excluding hydrogens is 273 g/mol. The van der Waals surface area contributed by atoms with Gasteiger partial charge in [0.15, 0.2) is 4.34 Å². The van der Waals surface area contributed by atoms with Gasteiger partial charge in [0.05, 0.1) is 5.25 Å². The van der Waals surface area contributed by atoms with E-state index in [1.807, 2.05) is 17.6 Å². The summed E-state index contributed by atoms with van der Waals surface area (Å²) in [7, 11) is 0. The molecule has 3 nitrogen and oxygen atoms in total. The third-order valence-corrected chi connectivity index (χ3v) is 3.90. The number of aromatic nitrogens is 1. The molecule has 0 saturated carbocycles. The normalized spacial score (nSPS) is 13.5. The maximum atomic E-state index is 11.9. The van der Waals surface area contributed by atoms with Crippen LogP contribution in [0.3, 0.4) is 0 Å². The van der Waals surface area contributed by atoms with Gasteiger partial charge in [0.1, 0.15) is 6.54 Å². The van der Waals surface area contributed by atoms with Gasteiger partial charge in [-0.2, -0.15) is 13.2 Å². The van der Waals surface area contributed by atoms with Crippen molar-refractivity contribution in [1.29, 1.82) is 0 Å². The van der Waals surface area contributed by atoms with Crippen molar-refractivity contribution in [2.75, 3.05) is 6.54 Å². The molecule has 0 aliphatic rings. The fraction of sp³-hybridized carbons (Fsp3) is 0.556. The highest BCUT2D eigenvalue weighted by Crippen LogP contribution is 2.26. The molecule has 0 fully saturated rings. The van der Waals surface area contributed by atoms with E-state index < -0.39 is 23.9 Å². The minimum absolute atomic E-state index is 0.595. The lowest BCUT2D eigenvalue weighted by Crippen LogP contribution is -2.37. The molecule has 1 aromatic heterocycles. The van der Waals surface area contributed by atoms with Crippen molar-refractivity contribution < 1.29 is 18.0 Å². The van der Waals surface area contributed by atoms with Crippen LogP contribution in [0.15, 0.2) is 9.72 Å². The monoisotopic (exact) mass is 284 g/mol. The van der Waals surface area contributed by atoms with Crippen molar-refractivity contribution in [3.8, 4) is 0 Å². The second-order valence-electron chi connectivity index (χ2n) is 3.35. The second kappa shape index (κ2) is 5.72. The van der Waals surface area contributed by atoms with E-state index in [0.717, 1.165) is 17.5 Å². The number of nitrogens with one attached hydrogen (secondary N) is 1. The molecule has 0 aromatic carbocycles. The summed E-state index contributed by atoms with van der Waals surface area (Å²) >= 11 is 2.52. The van der Waals surface area contributed by atoms with Crippen molar-refractivity contribution in [1.82, 2.24) is 10.3 Å². The van der Waals surface area contributed by atoms with Crippen molar-refractivity contribution in [2.45, 2.75) is 29.6 Å². The average Bonchev–Trinajstić information content (AvgIpc) is 2.59. The standard InChI is InChI=1S/C9H11F3N2OS2/c1-5-3-16-8(14-5)17-6(2)7(15)13-4-9(10,11)12/h3,6H,4H2,1-2H3,(H,13,15). The first-order chi connectivity index (χ1) is 7.78. The number of rotatable bonds is 4. The minimum Gasteiger partial charge on any atom is -0.346 e. The fourth-order valence-electron chi connectivity index (χ4n) is 0.922. The fourth-order valence-corrected chi connectivity index (χ4v) is 2.93. The molecule has 1 unspecified atom stereocenters. The van der Waals surface area contributed by atoms with Crippen LogP contribution in [0.4, 0.5) is 13.2 Å². The van der Waals surface area contributed by atoms with Crippen LogP contribution < -0.4 is 5.32 Å². The SMILES string of the molecule is Cc1csc(SC(C)C(=O)NCC(F)(F)F)n1. The van der Waals surface area contributed by atoms with E-state index in [4.69, 9.17) is 0 Å². The Hall–Kier alpha value is -0.760. The molecule has 1 N–H and O–H groups in total. The van der Waals surface area contributed by atoms with Crippen molar-refractivity contribution in [3.63, 3.8) is 0 Å². The zero-order chi connectivity index (χ0) is 13.1. The van der Waals surface area contributed by atoms with Crippen molar-refractivity contribution in [2.24, 2.45) is 0 Å². The smallest absolute Gasteiger partial charge is 0.346 e. The average molecular weight is 284 g/mol. The van der Waals surface area contributed by atoms with E-state index in [9.17, 15) is 18.0 Å². The predicted octanol–water partition coefficient (Wildman–Crippen LogP) is 2.61. The molecule has 0 saturated heterocycles. The highest BCUT2D eigenvalue weighted by atomic mass is 32.2. The van der Waals surface area contributed by atoms with Gasteiger partial charge in [0, 0.05) is 11.1 Å². The molecule has 17 heavy (non-hydrogen) atoms. The summed E-state index contributed by atoms with van der Waals surface area (Å²) in [5, 5.41) is 3.07. The molecule has 0 spiro atoms. The summed E-state index contributed by atoms with van der Waals surface area (Å²) < 4.78 is 36.3. The highest BCUT2D eigenvalue weighted by Gasteiger charge is 2.29. The molecule has 1 aromatic rings. The number of nitrogens with zero attached hydrogens (tertiary/aromatic N) is 1. The van der Waals surface area contributed by atoms with Gasteiger partial charge in [-0.3, -0.25) is 4.79 Å². The van der Waals surface area contributed by atoms with Gasteiger partial charge >= 0.3 is 6.18 Å². The van der Waals surface area contributed by atoms with Crippen LogP contribution in [-0.4, -0.2) is 28.9 Å². The van der Waals surface area contributed by atoms with Crippen LogP contribution in [-0.2, 0) is 4.79 Å². The van der Waals surface area contributed by atoms with Gasteiger partial charge in [-0.15, -0.1) is 11.3 Å². The second-order valence-corrected chi connectivity index (χ2v) is 5.79. The Kier molecular flexibility index (Phi) is 4.81. The van der Waals surface area contributed by atoms with Gasteiger partial charge in [-0.1, -0.05) is 11.8 Å². The van der Waals surface area contributed by atoms with Crippen LogP contribution in [0.2, 0.25) is 0 Å². The maximum Gasteiger partial charge on any atom is 0.405 e. The molecule has 0 aliphatic heterocycles. The number of alkyl halides is 3. The molecule has 8 heteroatoms. The number of carbonyl (C=O) groups is 1. The van der Waals surface area contributed by atoms with Crippen LogP contribution in [0.1, 0.15) is 12.6 Å². The summed E-state index contributed by atoms with van der Waals surface area (Å²) in [4.78, 5) is 15.5. The van der Waals surface area contributed by atoms with Gasteiger partial charge in [0.25, 0.3) is 0 Å². The van der Waals surface area contributed by atoms with Crippen LogP contribution in [0.5, 0.6) is 0 Å². The van der Waals surface area contributed by atoms with Crippen LogP contribution >= 0.6 is 23.1 Å². The number of hydrogen-bond donors (Lipinski definition) is 1. The number of amides is 1. The topological polar surface area (TPSA) is 42.0 Å². The number of thiazole rings is 1. The first-order valence-electron chi connectivity index (χ1n) is 4.71. The van der Waals surface area contributed by atoms with E-state index in [0.29, 0.717) is 4.34 Å². The number of thioether (sulfide) groups is 1. The third-order valence-electron chi connectivity index (χ3n) is 1.71. The largest absolute Gasteiger partial charge is 0.405 e. The summed E-state index contributed by atoms with van der Waals surface area (Å²) in [6, 6.07) is 0. The minimum atomic E-state index is -4.38. The number of aryl methyl sites for hydroxylation is 1. The first kappa shape index (κ1) is 14.3. The Balaban J connectivity index is 2.42. The zero-order valence-electron chi connectivity index (χ0n) is 9.17. The lowest BCUT2D eigenvalue weighted by molar-refractivity contribution is -0.137. The molecule has 0 radical (unpaired) electrons. The van der Waals surface area contributed by atoms with Crippen LogP contribution in [0, 0.1) is 6.92 Å². The Labute approximate surface area is 105 Å². The molecule has 1 amide bonds. The number of halogens is 3. The quantitative estimate of drug-likeness (QED) is 0.864. The predicted molar refractivity (Wildman–Crippen MR) is 61.2 cm³/mol. The molecule has 0 bridgehead atoms. The summed E-state index contributed by atoms with van der Waals surface area (Å²) in [6.07, 6.45) is -4.38. The van der Waals surface area contributed by atoms with E-state index in [1.54, 1.807) is 6.92 Å². The molecule has 1 atom stereocenters. The van der Waals surface area contributed by atoms with Gasteiger partial charge < -0.3 is 5.32 Å². The van der Waals surface area contributed by atoms with E-state index in [1.165, 1.54) is 11.3 Å². The van der Waals surface area contributed by atoms with E-state index in [2.05, 4.69) is 4.98 Å². The zero-order valence-corrected chi connectivity index (χ0v) is 10.8. The van der Waals surface area contributed by atoms with Crippen molar-refractivity contribution >= 4 is 29.0 Å². The lowest BCUT2D eigenvalue weighted by atomic mass is 10.4. The summed E-state index contributed by atoms with van der Waals surface area (Å²) in [5.41, 5.74) is 0.834. The lowest BCUT2D eigenvalue weighted by Gasteiger charge is -2.11.